The number of hydrogen-bond donors (Lipinski definition) is 2. The lowest BCUT2D eigenvalue weighted by Crippen LogP contribution is -2.61. The molecule has 0 radical (unpaired) electrons. The van der Waals surface area contributed by atoms with E-state index in [0.717, 1.165) is 0 Å². The maximum absolute atomic E-state index is 11.2. The average Bonchev–Trinajstić information content (AvgIpc) is 2.10. The van der Waals surface area contributed by atoms with E-state index in [1.165, 1.54) is 0 Å². The van der Waals surface area contributed by atoms with Gasteiger partial charge >= 0.3 is 6.03 Å². The van der Waals surface area contributed by atoms with Gasteiger partial charge in [-0.1, -0.05) is 6.58 Å². The Kier molecular flexibility index (Phi) is 2.55. The Labute approximate surface area is 76.8 Å². The summed E-state index contributed by atoms with van der Waals surface area (Å²) in [6.07, 6.45) is 1.26. The van der Waals surface area contributed by atoms with E-state index in [-0.39, 0.29) is 18.0 Å². The maximum atomic E-state index is 11.2. The summed E-state index contributed by atoms with van der Waals surface area (Å²) >= 11 is 0. The molecule has 1 aliphatic heterocycles. The van der Waals surface area contributed by atoms with Crippen LogP contribution in [0.25, 0.3) is 0 Å². The van der Waals surface area contributed by atoms with Gasteiger partial charge in [-0.2, -0.15) is 0 Å². The molecule has 1 heterocycles. The number of carbonyl (C=O) groups is 2. The minimum Gasteiger partial charge on any atom is -0.360 e. The fourth-order valence-electron chi connectivity index (χ4n) is 1.23. The average molecular weight is 183 g/mol. The summed E-state index contributed by atoms with van der Waals surface area (Å²) in [4.78, 5) is 23.8. The molecule has 1 fully saturated rings. The van der Waals surface area contributed by atoms with Crippen LogP contribution in [0.2, 0.25) is 0 Å². The van der Waals surface area contributed by atoms with Crippen LogP contribution in [0.15, 0.2) is 12.8 Å². The molecule has 13 heavy (non-hydrogen) atoms. The molecule has 72 valence electrons. The molecule has 0 aromatic heterocycles. The van der Waals surface area contributed by atoms with Gasteiger partial charge in [-0.25, -0.2) is 4.79 Å². The number of urea groups is 1. The number of carbonyl (C=O) groups excluding carboxylic acids is 2. The predicted molar refractivity (Wildman–Crippen MR) is 47.6 cm³/mol. The highest BCUT2D eigenvalue weighted by molar-refractivity contribution is 5.98. The van der Waals surface area contributed by atoms with Crippen molar-refractivity contribution in [3.05, 3.63) is 12.8 Å². The Morgan fingerprint density at radius 1 is 1.54 bits per heavy atom. The van der Waals surface area contributed by atoms with Gasteiger partial charge in [0.1, 0.15) is 6.17 Å². The Balaban J connectivity index is 2.77. The van der Waals surface area contributed by atoms with Gasteiger partial charge in [0.15, 0.2) is 0 Å². The Morgan fingerprint density at radius 3 is 2.69 bits per heavy atom. The molecule has 1 aliphatic rings. The molecule has 0 aliphatic carbocycles. The predicted octanol–water partition coefficient (Wildman–Crippen LogP) is -0.137. The Hall–Kier alpha value is -1.52. The minimum atomic E-state index is -0.457. The van der Waals surface area contributed by atoms with Crippen molar-refractivity contribution in [1.29, 1.82) is 0 Å². The summed E-state index contributed by atoms with van der Waals surface area (Å²) in [5, 5.41) is 4.82. The van der Waals surface area contributed by atoms with E-state index in [4.69, 9.17) is 0 Å². The fraction of sp³-hybridized carbons (Fsp3) is 0.500. The molecule has 5 nitrogen and oxygen atoms in total. The number of rotatable bonds is 2. The molecule has 0 saturated carbocycles. The quantitative estimate of drug-likeness (QED) is 0.626. The zero-order valence-corrected chi connectivity index (χ0v) is 7.70. The highest BCUT2D eigenvalue weighted by Crippen LogP contribution is 2.10. The van der Waals surface area contributed by atoms with Crippen LogP contribution < -0.4 is 10.6 Å². The second-order valence-corrected chi connectivity index (χ2v) is 3.04. The highest BCUT2D eigenvalue weighted by Gasteiger charge is 2.33. The van der Waals surface area contributed by atoms with Crippen LogP contribution >= 0.6 is 0 Å². The first kappa shape index (κ1) is 9.57. The third kappa shape index (κ3) is 1.80. The molecule has 0 aromatic carbocycles. The summed E-state index contributed by atoms with van der Waals surface area (Å²) in [5.74, 6) is -0.539. The van der Waals surface area contributed by atoms with Crippen LogP contribution in [0.5, 0.6) is 0 Å². The molecule has 2 atom stereocenters. The summed E-state index contributed by atoms with van der Waals surface area (Å²) in [6, 6.07) is -0.457. The summed E-state index contributed by atoms with van der Waals surface area (Å²) in [5.41, 5.74) is 0. The molecule has 2 unspecified atom stereocenters. The van der Waals surface area contributed by atoms with Gasteiger partial charge in [-0.05, 0) is 13.1 Å². The zero-order valence-electron chi connectivity index (χ0n) is 7.70. The largest absolute Gasteiger partial charge is 0.360 e. The standard InChI is InChI=1S/C8H13N3O2/c1-4-11(3)6-5(2)7(12)10-8(13)9-6/h4-6H,1H2,2-3H3,(H2,9,10,12,13). The van der Waals surface area contributed by atoms with Gasteiger partial charge in [0.05, 0.1) is 5.92 Å². The van der Waals surface area contributed by atoms with Gasteiger partial charge in [-0.15, -0.1) is 0 Å². The van der Waals surface area contributed by atoms with Crippen molar-refractivity contribution in [2.75, 3.05) is 7.05 Å². The highest BCUT2D eigenvalue weighted by atomic mass is 16.2. The van der Waals surface area contributed by atoms with Gasteiger partial charge in [-0.3, -0.25) is 10.1 Å². The third-order valence-corrected chi connectivity index (χ3v) is 2.13. The monoisotopic (exact) mass is 183 g/mol. The molecule has 0 spiro atoms. The molecular formula is C8H13N3O2. The van der Waals surface area contributed by atoms with E-state index in [1.54, 1.807) is 25.1 Å². The minimum absolute atomic E-state index is 0.262. The third-order valence-electron chi connectivity index (χ3n) is 2.13. The normalized spacial score (nSPS) is 27.5. The first-order valence-corrected chi connectivity index (χ1v) is 4.02. The molecule has 5 heteroatoms. The molecule has 2 N–H and O–H groups in total. The molecule has 0 bridgehead atoms. The Bertz CT molecular complexity index is 252. The van der Waals surface area contributed by atoms with E-state index >= 15 is 0 Å². The van der Waals surface area contributed by atoms with Crippen LogP contribution in [-0.4, -0.2) is 30.1 Å². The van der Waals surface area contributed by atoms with Gasteiger partial charge in [0.25, 0.3) is 0 Å². The van der Waals surface area contributed by atoms with Crippen LogP contribution in [-0.2, 0) is 4.79 Å². The van der Waals surface area contributed by atoms with Crippen molar-refractivity contribution in [2.24, 2.45) is 5.92 Å². The van der Waals surface area contributed by atoms with Crippen molar-refractivity contribution in [1.82, 2.24) is 15.5 Å². The lowest BCUT2D eigenvalue weighted by molar-refractivity contribution is -0.126. The van der Waals surface area contributed by atoms with E-state index in [0.29, 0.717) is 0 Å². The fourth-order valence-corrected chi connectivity index (χ4v) is 1.23. The summed E-state index contributed by atoms with van der Waals surface area (Å²) in [7, 11) is 1.76. The van der Waals surface area contributed by atoms with E-state index < -0.39 is 6.03 Å². The number of nitrogens with one attached hydrogen (secondary N) is 2. The molecule has 1 rings (SSSR count). The lowest BCUT2D eigenvalue weighted by Gasteiger charge is -2.34. The smallest absolute Gasteiger partial charge is 0.323 e. The van der Waals surface area contributed by atoms with Crippen molar-refractivity contribution in [3.8, 4) is 0 Å². The van der Waals surface area contributed by atoms with Gasteiger partial charge in [0, 0.05) is 7.05 Å². The van der Waals surface area contributed by atoms with Crippen LogP contribution in [0.3, 0.4) is 0 Å². The molecular weight excluding hydrogens is 170 g/mol. The topological polar surface area (TPSA) is 61.4 Å². The van der Waals surface area contributed by atoms with E-state index in [1.807, 2.05) is 0 Å². The van der Waals surface area contributed by atoms with Crippen LogP contribution in [0.1, 0.15) is 6.92 Å². The first-order valence-electron chi connectivity index (χ1n) is 4.02. The SMILES string of the molecule is C=CN(C)C1NC(=O)NC(=O)C1C. The van der Waals surface area contributed by atoms with Crippen molar-refractivity contribution >= 4 is 11.9 Å². The zero-order chi connectivity index (χ0) is 10.0. The summed E-state index contributed by atoms with van der Waals surface area (Å²) < 4.78 is 0. The molecule has 1 saturated heterocycles. The summed E-state index contributed by atoms with van der Waals surface area (Å²) in [6.45, 7) is 5.31. The van der Waals surface area contributed by atoms with Crippen molar-refractivity contribution < 1.29 is 9.59 Å². The number of hydrogen-bond acceptors (Lipinski definition) is 3. The Morgan fingerprint density at radius 2 is 2.15 bits per heavy atom. The van der Waals surface area contributed by atoms with Crippen LogP contribution in [0, 0.1) is 5.92 Å². The van der Waals surface area contributed by atoms with Gasteiger partial charge < -0.3 is 10.2 Å². The van der Waals surface area contributed by atoms with E-state index in [2.05, 4.69) is 17.2 Å². The van der Waals surface area contributed by atoms with Crippen LogP contribution in [0.4, 0.5) is 4.79 Å². The van der Waals surface area contributed by atoms with Gasteiger partial charge in [0.2, 0.25) is 5.91 Å². The second kappa shape index (κ2) is 3.47. The number of nitrogens with zero attached hydrogens (tertiary/aromatic N) is 1. The lowest BCUT2D eigenvalue weighted by atomic mass is 10.1. The first-order chi connectivity index (χ1) is 6.06. The molecule has 0 aromatic rings. The number of amides is 3. The van der Waals surface area contributed by atoms with E-state index in [9.17, 15) is 9.59 Å². The molecule has 3 amide bonds. The van der Waals surface area contributed by atoms with Crippen molar-refractivity contribution in [3.63, 3.8) is 0 Å². The van der Waals surface area contributed by atoms with Crippen molar-refractivity contribution in [2.45, 2.75) is 13.1 Å². The maximum Gasteiger partial charge on any atom is 0.323 e. The second-order valence-electron chi connectivity index (χ2n) is 3.04. The number of imide groups is 1.